The first-order chi connectivity index (χ1) is 8.76. The van der Waals surface area contributed by atoms with Crippen LogP contribution in [0.3, 0.4) is 0 Å². The maximum atomic E-state index is 4.62. The van der Waals surface area contributed by atoms with Gasteiger partial charge >= 0.3 is 0 Å². The average molecular weight is 361 g/mol. The second kappa shape index (κ2) is 6.89. The molecule has 1 N–H and O–H groups in total. The number of aromatic nitrogens is 2. The SMILES string of the molecule is CCCCC(CC)c1cnc([C@@H]2CCCN2I)[nH]1. The summed E-state index contributed by atoms with van der Waals surface area (Å²) in [6, 6.07) is 0.503. The van der Waals surface area contributed by atoms with Gasteiger partial charge in [0.15, 0.2) is 0 Å². The molecule has 3 nitrogen and oxygen atoms in total. The molecule has 1 aromatic rings. The fourth-order valence-corrected chi connectivity index (χ4v) is 3.64. The minimum atomic E-state index is 0.503. The maximum Gasteiger partial charge on any atom is 0.124 e. The van der Waals surface area contributed by atoms with Gasteiger partial charge in [-0.25, -0.2) is 8.10 Å². The van der Waals surface area contributed by atoms with Gasteiger partial charge in [-0.2, -0.15) is 0 Å². The van der Waals surface area contributed by atoms with E-state index < -0.39 is 0 Å². The van der Waals surface area contributed by atoms with Gasteiger partial charge in [0.25, 0.3) is 0 Å². The van der Waals surface area contributed by atoms with Gasteiger partial charge in [0, 0.05) is 47.2 Å². The van der Waals surface area contributed by atoms with Gasteiger partial charge < -0.3 is 4.98 Å². The van der Waals surface area contributed by atoms with Crippen LogP contribution < -0.4 is 0 Å². The van der Waals surface area contributed by atoms with Crippen molar-refractivity contribution in [3.63, 3.8) is 0 Å². The fourth-order valence-electron chi connectivity index (χ4n) is 2.76. The molecule has 4 heteroatoms. The summed E-state index contributed by atoms with van der Waals surface area (Å²) in [5.74, 6) is 1.84. The van der Waals surface area contributed by atoms with Crippen molar-refractivity contribution in [3.8, 4) is 0 Å². The molecule has 1 aliphatic heterocycles. The van der Waals surface area contributed by atoms with Crippen LogP contribution in [0.4, 0.5) is 0 Å². The fraction of sp³-hybridized carbons (Fsp3) is 0.786. The molecule has 0 bridgehead atoms. The van der Waals surface area contributed by atoms with Crippen molar-refractivity contribution >= 4 is 22.9 Å². The zero-order valence-corrected chi connectivity index (χ0v) is 13.6. The van der Waals surface area contributed by atoms with E-state index in [1.54, 1.807) is 0 Å². The standard InChI is InChI=1S/C14H24IN3/c1-3-5-7-11(4-2)12-10-16-14(17-12)13-8-6-9-18(13)15/h10-11,13H,3-9H2,1-2H3,(H,16,17)/t11?,13-/m0/s1. The Labute approximate surface area is 124 Å². The Morgan fingerprint density at radius 2 is 2.39 bits per heavy atom. The van der Waals surface area contributed by atoms with E-state index in [1.807, 2.05) is 0 Å². The predicted molar refractivity (Wildman–Crippen MR) is 83.8 cm³/mol. The summed E-state index contributed by atoms with van der Waals surface area (Å²) in [4.78, 5) is 8.21. The normalized spacial score (nSPS) is 22.5. The second-order valence-electron chi connectivity index (χ2n) is 5.25. The van der Waals surface area contributed by atoms with Crippen molar-refractivity contribution in [2.75, 3.05) is 6.54 Å². The lowest BCUT2D eigenvalue weighted by Crippen LogP contribution is -2.12. The smallest absolute Gasteiger partial charge is 0.124 e. The summed E-state index contributed by atoms with van der Waals surface area (Å²) < 4.78 is 2.38. The molecule has 1 aromatic heterocycles. The molecule has 2 rings (SSSR count). The minimum absolute atomic E-state index is 0.503. The second-order valence-corrected chi connectivity index (χ2v) is 6.49. The Kier molecular flexibility index (Phi) is 5.48. The van der Waals surface area contributed by atoms with Gasteiger partial charge in [-0.3, -0.25) is 0 Å². The number of nitrogens with zero attached hydrogens (tertiary/aromatic N) is 2. The minimum Gasteiger partial charge on any atom is -0.344 e. The molecule has 0 spiro atoms. The van der Waals surface area contributed by atoms with Crippen molar-refractivity contribution in [2.24, 2.45) is 0 Å². The van der Waals surface area contributed by atoms with Crippen molar-refractivity contribution < 1.29 is 0 Å². The molecule has 1 unspecified atom stereocenters. The molecule has 0 aromatic carbocycles. The van der Waals surface area contributed by atoms with E-state index in [0.29, 0.717) is 12.0 Å². The lowest BCUT2D eigenvalue weighted by molar-refractivity contribution is 0.467. The first-order valence-electron chi connectivity index (χ1n) is 7.23. The number of rotatable bonds is 6. The Morgan fingerprint density at radius 3 is 3.00 bits per heavy atom. The largest absolute Gasteiger partial charge is 0.344 e. The summed E-state index contributed by atoms with van der Waals surface area (Å²) in [6.45, 7) is 5.73. The van der Waals surface area contributed by atoms with E-state index in [0.717, 1.165) is 0 Å². The van der Waals surface area contributed by atoms with Crippen LogP contribution in [-0.4, -0.2) is 19.6 Å². The molecule has 18 heavy (non-hydrogen) atoms. The summed E-state index contributed by atoms with van der Waals surface area (Å²) in [5.41, 5.74) is 1.35. The molecule has 0 radical (unpaired) electrons. The summed E-state index contributed by atoms with van der Waals surface area (Å²) in [7, 11) is 0. The van der Waals surface area contributed by atoms with E-state index >= 15 is 0 Å². The van der Waals surface area contributed by atoms with Crippen LogP contribution in [0.5, 0.6) is 0 Å². The van der Waals surface area contributed by atoms with E-state index in [-0.39, 0.29) is 0 Å². The van der Waals surface area contributed by atoms with Crippen LogP contribution >= 0.6 is 22.9 Å². The van der Waals surface area contributed by atoms with Gasteiger partial charge in [0.2, 0.25) is 0 Å². The number of imidazole rings is 1. The van der Waals surface area contributed by atoms with E-state index in [1.165, 1.54) is 56.6 Å². The third-order valence-electron chi connectivity index (χ3n) is 3.96. The average Bonchev–Trinajstić information content (AvgIpc) is 2.99. The van der Waals surface area contributed by atoms with Crippen LogP contribution in [-0.2, 0) is 0 Å². The van der Waals surface area contributed by atoms with Crippen molar-refractivity contribution in [2.45, 2.75) is 64.3 Å². The summed E-state index contributed by atoms with van der Waals surface area (Å²) in [6.07, 6.45) is 9.68. The Balaban J connectivity index is 2.04. The van der Waals surface area contributed by atoms with Crippen molar-refractivity contribution in [1.82, 2.24) is 13.1 Å². The number of nitrogens with one attached hydrogen (secondary N) is 1. The number of H-pyrrole nitrogens is 1. The summed E-state index contributed by atoms with van der Waals surface area (Å²) >= 11 is 2.43. The molecule has 1 saturated heterocycles. The van der Waals surface area contributed by atoms with Crippen molar-refractivity contribution in [1.29, 1.82) is 0 Å². The molecule has 0 saturated carbocycles. The zero-order valence-electron chi connectivity index (χ0n) is 11.5. The number of hydrogen-bond acceptors (Lipinski definition) is 2. The molecular weight excluding hydrogens is 337 g/mol. The Morgan fingerprint density at radius 1 is 1.56 bits per heavy atom. The third-order valence-corrected chi connectivity index (χ3v) is 5.11. The van der Waals surface area contributed by atoms with Crippen LogP contribution in [0.1, 0.15) is 75.9 Å². The van der Waals surface area contributed by atoms with E-state index in [9.17, 15) is 0 Å². The summed E-state index contributed by atoms with van der Waals surface area (Å²) in [5, 5.41) is 0. The highest BCUT2D eigenvalue weighted by Crippen LogP contribution is 2.34. The van der Waals surface area contributed by atoms with Crippen LogP contribution in [0.2, 0.25) is 0 Å². The molecular formula is C14H24IN3. The number of aromatic amines is 1. The van der Waals surface area contributed by atoms with E-state index in [4.69, 9.17) is 0 Å². The molecule has 102 valence electrons. The van der Waals surface area contributed by atoms with Gasteiger partial charge in [0.05, 0.1) is 6.04 Å². The maximum absolute atomic E-state index is 4.62. The number of unbranched alkanes of at least 4 members (excludes halogenated alkanes) is 1. The van der Waals surface area contributed by atoms with Gasteiger partial charge in [-0.15, -0.1) is 0 Å². The van der Waals surface area contributed by atoms with Crippen LogP contribution in [0, 0.1) is 0 Å². The molecule has 1 fully saturated rings. The third kappa shape index (κ3) is 3.26. The van der Waals surface area contributed by atoms with Crippen molar-refractivity contribution in [3.05, 3.63) is 17.7 Å². The Hall–Kier alpha value is -0.100. The van der Waals surface area contributed by atoms with Crippen LogP contribution in [0.25, 0.3) is 0 Å². The highest BCUT2D eigenvalue weighted by molar-refractivity contribution is 14.1. The quantitative estimate of drug-likeness (QED) is 0.594. The monoisotopic (exact) mass is 361 g/mol. The lowest BCUT2D eigenvalue weighted by atomic mass is 9.96. The molecule has 2 atom stereocenters. The van der Waals surface area contributed by atoms with Gasteiger partial charge in [-0.05, 0) is 25.7 Å². The molecule has 0 aliphatic carbocycles. The first-order valence-corrected chi connectivity index (χ1v) is 8.20. The molecule has 2 heterocycles. The first kappa shape index (κ1) is 14.3. The highest BCUT2D eigenvalue weighted by Gasteiger charge is 2.27. The topological polar surface area (TPSA) is 31.9 Å². The molecule has 1 aliphatic rings. The number of halogens is 1. The van der Waals surface area contributed by atoms with Gasteiger partial charge in [-0.1, -0.05) is 26.7 Å². The predicted octanol–water partition coefficient (Wildman–Crippen LogP) is 4.58. The lowest BCUT2D eigenvalue weighted by Gasteiger charge is -2.15. The number of hydrogen-bond donors (Lipinski definition) is 1. The zero-order chi connectivity index (χ0) is 13.0. The van der Waals surface area contributed by atoms with Gasteiger partial charge in [0.1, 0.15) is 5.82 Å². The Bertz CT molecular complexity index is 364. The van der Waals surface area contributed by atoms with Crippen LogP contribution in [0.15, 0.2) is 6.20 Å². The highest BCUT2D eigenvalue weighted by atomic mass is 127. The van der Waals surface area contributed by atoms with E-state index in [2.05, 4.69) is 56.0 Å². The molecule has 0 amide bonds.